The highest BCUT2D eigenvalue weighted by Crippen LogP contribution is 2.26. The van der Waals surface area contributed by atoms with Crippen LogP contribution in [0.1, 0.15) is 29.6 Å². The molecule has 2 amide bonds. The summed E-state index contributed by atoms with van der Waals surface area (Å²) in [4.78, 5) is 33.9. The SMILES string of the molecule is O=C(CN1CCN(C(=O)c2ccc(Cl)c(Cl)c2)CC1)N1CCN(C2CCC2)CC1. The van der Waals surface area contributed by atoms with E-state index in [1.54, 1.807) is 18.2 Å². The third-order valence-electron chi connectivity index (χ3n) is 6.44. The maximum atomic E-state index is 12.7. The average molecular weight is 439 g/mol. The minimum atomic E-state index is -0.0401. The first-order valence-electron chi connectivity index (χ1n) is 10.5. The molecule has 6 nitrogen and oxygen atoms in total. The van der Waals surface area contributed by atoms with Gasteiger partial charge < -0.3 is 9.80 Å². The van der Waals surface area contributed by atoms with Gasteiger partial charge in [0.15, 0.2) is 0 Å². The van der Waals surface area contributed by atoms with E-state index in [2.05, 4.69) is 9.80 Å². The lowest BCUT2D eigenvalue weighted by molar-refractivity contribution is -0.135. The van der Waals surface area contributed by atoms with Gasteiger partial charge in [0.25, 0.3) is 5.91 Å². The molecular weight excluding hydrogens is 411 g/mol. The van der Waals surface area contributed by atoms with Crippen molar-refractivity contribution in [1.29, 1.82) is 0 Å². The van der Waals surface area contributed by atoms with E-state index in [4.69, 9.17) is 23.2 Å². The van der Waals surface area contributed by atoms with Gasteiger partial charge in [-0.2, -0.15) is 0 Å². The minimum Gasteiger partial charge on any atom is -0.339 e. The Bertz CT molecular complexity index is 755. The smallest absolute Gasteiger partial charge is 0.253 e. The monoisotopic (exact) mass is 438 g/mol. The number of carbonyl (C=O) groups is 2. The highest BCUT2D eigenvalue weighted by Gasteiger charge is 2.30. The maximum absolute atomic E-state index is 12.7. The first kappa shape index (κ1) is 20.9. The second-order valence-corrected chi connectivity index (χ2v) is 9.01. The Balaban J connectivity index is 1.22. The van der Waals surface area contributed by atoms with Crippen molar-refractivity contribution in [3.8, 4) is 0 Å². The molecule has 0 atom stereocenters. The van der Waals surface area contributed by atoms with Crippen LogP contribution >= 0.6 is 23.2 Å². The zero-order valence-corrected chi connectivity index (χ0v) is 18.2. The summed E-state index contributed by atoms with van der Waals surface area (Å²) in [6.45, 7) is 6.77. The van der Waals surface area contributed by atoms with Gasteiger partial charge in [0, 0.05) is 64.0 Å². The third-order valence-corrected chi connectivity index (χ3v) is 7.18. The Morgan fingerprint density at radius 1 is 0.862 bits per heavy atom. The van der Waals surface area contributed by atoms with Crippen molar-refractivity contribution in [3.63, 3.8) is 0 Å². The Labute approximate surface area is 182 Å². The number of rotatable bonds is 4. The Hall–Kier alpha value is -1.34. The summed E-state index contributed by atoms with van der Waals surface area (Å²) in [6, 6.07) is 5.73. The maximum Gasteiger partial charge on any atom is 0.253 e. The van der Waals surface area contributed by atoms with E-state index in [-0.39, 0.29) is 11.8 Å². The predicted molar refractivity (Wildman–Crippen MR) is 115 cm³/mol. The second kappa shape index (κ2) is 9.21. The predicted octanol–water partition coefficient (Wildman–Crippen LogP) is 2.45. The molecule has 1 aliphatic carbocycles. The van der Waals surface area contributed by atoms with Crippen molar-refractivity contribution in [2.45, 2.75) is 25.3 Å². The van der Waals surface area contributed by atoms with Gasteiger partial charge in [-0.05, 0) is 31.0 Å². The van der Waals surface area contributed by atoms with Crippen LogP contribution in [0.5, 0.6) is 0 Å². The van der Waals surface area contributed by atoms with Gasteiger partial charge in [-0.15, -0.1) is 0 Å². The van der Waals surface area contributed by atoms with E-state index < -0.39 is 0 Å². The molecule has 0 aromatic heterocycles. The molecule has 0 N–H and O–H groups in total. The van der Waals surface area contributed by atoms with Crippen LogP contribution in [0.4, 0.5) is 0 Å². The van der Waals surface area contributed by atoms with Crippen molar-refractivity contribution < 1.29 is 9.59 Å². The van der Waals surface area contributed by atoms with E-state index in [9.17, 15) is 9.59 Å². The third kappa shape index (κ3) is 4.88. The molecule has 2 saturated heterocycles. The van der Waals surface area contributed by atoms with Crippen LogP contribution in [0, 0.1) is 0 Å². The van der Waals surface area contributed by atoms with Crippen molar-refractivity contribution in [2.75, 3.05) is 58.9 Å². The summed E-state index contributed by atoms with van der Waals surface area (Å²) < 4.78 is 0. The van der Waals surface area contributed by atoms with Gasteiger partial charge >= 0.3 is 0 Å². The molecule has 3 aliphatic rings. The number of hydrogen-bond acceptors (Lipinski definition) is 4. The number of halogens is 2. The molecule has 1 aromatic rings. The van der Waals surface area contributed by atoms with Crippen LogP contribution in [0.2, 0.25) is 10.0 Å². The van der Waals surface area contributed by atoms with E-state index in [1.165, 1.54) is 19.3 Å². The fourth-order valence-electron chi connectivity index (χ4n) is 4.30. The Morgan fingerprint density at radius 2 is 1.52 bits per heavy atom. The number of carbonyl (C=O) groups excluding carboxylic acids is 2. The summed E-state index contributed by atoms with van der Waals surface area (Å²) in [7, 11) is 0. The largest absolute Gasteiger partial charge is 0.339 e. The lowest BCUT2D eigenvalue weighted by atomic mass is 9.91. The van der Waals surface area contributed by atoms with Crippen molar-refractivity contribution in [2.24, 2.45) is 0 Å². The number of nitrogens with zero attached hydrogens (tertiary/aromatic N) is 4. The van der Waals surface area contributed by atoms with Gasteiger partial charge in [0.2, 0.25) is 5.91 Å². The van der Waals surface area contributed by atoms with Crippen molar-refractivity contribution in [1.82, 2.24) is 19.6 Å². The van der Waals surface area contributed by atoms with E-state index in [0.717, 1.165) is 32.2 Å². The molecule has 8 heteroatoms. The summed E-state index contributed by atoms with van der Waals surface area (Å²) >= 11 is 12.0. The van der Waals surface area contributed by atoms with Crippen molar-refractivity contribution >= 4 is 35.0 Å². The van der Waals surface area contributed by atoms with Crippen LogP contribution in [0.25, 0.3) is 0 Å². The fourth-order valence-corrected chi connectivity index (χ4v) is 4.60. The molecule has 0 bridgehead atoms. The van der Waals surface area contributed by atoms with Gasteiger partial charge in [0.05, 0.1) is 16.6 Å². The summed E-state index contributed by atoms with van der Waals surface area (Å²) in [5.74, 6) is 0.171. The summed E-state index contributed by atoms with van der Waals surface area (Å²) in [5, 5.41) is 0.833. The number of benzene rings is 1. The Morgan fingerprint density at radius 3 is 2.10 bits per heavy atom. The quantitative estimate of drug-likeness (QED) is 0.723. The van der Waals surface area contributed by atoms with Gasteiger partial charge in [-0.3, -0.25) is 19.4 Å². The van der Waals surface area contributed by atoms with E-state index >= 15 is 0 Å². The molecular formula is C21H28Cl2N4O2. The summed E-state index contributed by atoms with van der Waals surface area (Å²) in [5.41, 5.74) is 0.549. The van der Waals surface area contributed by atoms with Crippen LogP contribution in [-0.2, 0) is 4.79 Å². The lowest BCUT2D eigenvalue weighted by Crippen LogP contribution is -2.56. The molecule has 158 valence electrons. The second-order valence-electron chi connectivity index (χ2n) is 8.20. The molecule has 0 unspecified atom stereocenters. The fraction of sp³-hybridized carbons (Fsp3) is 0.619. The lowest BCUT2D eigenvalue weighted by Gasteiger charge is -2.43. The van der Waals surface area contributed by atoms with Gasteiger partial charge in [-0.1, -0.05) is 29.6 Å². The Kier molecular flexibility index (Phi) is 6.64. The zero-order chi connectivity index (χ0) is 20.4. The number of hydrogen-bond donors (Lipinski definition) is 0. The highest BCUT2D eigenvalue weighted by molar-refractivity contribution is 6.42. The topological polar surface area (TPSA) is 47.1 Å². The first-order valence-corrected chi connectivity index (χ1v) is 11.3. The standard InChI is InChI=1S/C21H28Cl2N4O2/c22-18-5-4-16(14-19(18)23)21(29)27-8-6-24(7-9-27)15-20(28)26-12-10-25(11-13-26)17-2-1-3-17/h4-5,14,17H,1-3,6-13,15H2. The minimum absolute atomic E-state index is 0.0401. The highest BCUT2D eigenvalue weighted by atomic mass is 35.5. The summed E-state index contributed by atoms with van der Waals surface area (Å²) in [6.07, 6.45) is 3.99. The molecule has 2 aliphatic heterocycles. The van der Waals surface area contributed by atoms with E-state index in [0.29, 0.717) is 48.3 Å². The van der Waals surface area contributed by atoms with Crippen LogP contribution in [0.3, 0.4) is 0 Å². The van der Waals surface area contributed by atoms with Gasteiger partial charge in [-0.25, -0.2) is 0 Å². The first-order chi connectivity index (χ1) is 14.0. The number of amides is 2. The molecule has 0 spiro atoms. The normalized spacial score (nSPS) is 21.9. The van der Waals surface area contributed by atoms with Crippen molar-refractivity contribution in [3.05, 3.63) is 33.8 Å². The zero-order valence-electron chi connectivity index (χ0n) is 16.7. The molecule has 2 heterocycles. The van der Waals surface area contributed by atoms with Crippen LogP contribution in [-0.4, -0.2) is 96.4 Å². The van der Waals surface area contributed by atoms with Crippen LogP contribution in [0.15, 0.2) is 18.2 Å². The molecule has 4 rings (SSSR count). The molecule has 1 aromatic carbocycles. The number of piperazine rings is 2. The molecule has 0 radical (unpaired) electrons. The molecule has 29 heavy (non-hydrogen) atoms. The average Bonchev–Trinajstić information content (AvgIpc) is 2.69. The van der Waals surface area contributed by atoms with Gasteiger partial charge in [0.1, 0.15) is 0 Å². The molecule has 3 fully saturated rings. The molecule has 1 saturated carbocycles. The van der Waals surface area contributed by atoms with E-state index in [1.807, 2.05) is 9.80 Å². The van der Waals surface area contributed by atoms with Crippen LogP contribution < -0.4 is 0 Å².